The van der Waals surface area contributed by atoms with E-state index in [1.54, 1.807) is 0 Å². The molecule has 2 aromatic rings. The Balaban J connectivity index is 1.72. The molecule has 20 heavy (non-hydrogen) atoms. The average Bonchev–Trinajstić information content (AvgIpc) is 2.97. The number of rotatable bonds is 2. The minimum atomic E-state index is 0.142. The van der Waals surface area contributed by atoms with E-state index in [2.05, 4.69) is 34.1 Å². The van der Waals surface area contributed by atoms with Crippen molar-refractivity contribution in [3.8, 4) is 0 Å². The van der Waals surface area contributed by atoms with Crippen molar-refractivity contribution in [1.29, 1.82) is 0 Å². The molecule has 1 fully saturated rings. The van der Waals surface area contributed by atoms with Crippen LogP contribution >= 0.6 is 15.9 Å². The van der Waals surface area contributed by atoms with Crippen LogP contribution in [0.25, 0.3) is 0 Å². The smallest absolute Gasteiger partial charge is 0.253 e. The summed E-state index contributed by atoms with van der Waals surface area (Å²) in [7, 11) is 0. The molecule has 1 unspecified atom stereocenters. The van der Waals surface area contributed by atoms with Crippen molar-refractivity contribution in [2.75, 3.05) is 13.1 Å². The van der Waals surface area contributed by atoms with E-state index in [-0.39, 0.29) is 5.91 Å². The monoisotopic (exact) mass is 329 g/mol. The lowest BCUT2D eigenvalue weighted by Gasteiger charge is -2.17. The lowest BCUT2D eigenvalue weighted by atomic mass is 9.99. The average molecular weight is 330 g/mol. The molecule has 102 valence electrons. The van der Waals surface area contributed by atoms with Crippen LogP contribution in [0.1, 0.15) is 28.3 Å². The molecule has 1 heterocycles. The van der Waals surface area contributed by atoms with Gasteiger partial charge in [0.25, 0.3) is 5.91 Å². The zero-order valence-corrected chi connectivity index (χ0v) is 12.7. The van der Waals surface area contributed by atoms with E-state index in [0.717, 1.165) is 29.5 Å². The van der Waals surface area contributed by atoms with Gasteiger partial charge in [-0.3, -0.25) is 4.79 Å². The summed E-state index contributed by atoms with van der Waals surface area (Å²) in [5.41, 5.74) is 2.09. The minimum absolute atomic E-state index is 0.142. The molecule has 2 nitrogen and oxygen atoms in total. The van der Waals surface area contributed by atoms with Gasteiger partial charge in [-0.25, -0.2) is 0 Å². The van der Waals surface area contributed by atoms with E-state index in [1.807, 2.05) is 41.3 Å². The Kier molecular flexibility index (Phi) is 3.88. The van der Waals surface area contributed by atoms with Crippen molar-refractivity contribution in [3.63, 3.8) is 0 Å². The molecule has 1 atom stereocenters. The Hall–Kier alpha value is -1.61. The largest absolute Gasteiger partial charge is 0.338 e. The SMILES string of the molecule is O=C(c1ccccc1)N1CCC(c2cccc(Br)c2)C1. The fourth-order valence-corrected chi connectivity index (χ4v) is 3.16. The molecule has 3 heteroatoms. The molecular formula is C17H16BrNO. The summed E-state index contributed by atoms with van der Waals surface area (Å²) in [4.78, 5) is 14.4. The third-order valence-electron chi connectivity index (χ3n) is 3.82. The van der Waals surface area contributed by atoms with Crippen LogP contribution in [-0.2, 0) is 0 Å². The van der Waals surface area contributed by atoms with Crippen LogP contribution in [-0.4, -0.2) is 23.9 Å². The van der Waals surface area contributed by atoms with Gasteiger partial charge in [0, 0.05) is 29.0 Å². The maximum absolute atomic E-state index is 12.4. The maximum atomic E-state index is 12.4. The molecule has 0 radical (unpaired) electrons. The van der Waals surface area contributed by atoms with Crippen LogP contribution in [0.5, 0.6) is 0 Å². The topological polar surface area (TPSA) is 20.3 Å². The third-order valence-corrected chi connectivity index (χ3v) is 4.31. The summed E-state index contributed by atoms with van der Waals surface area (Å²) in [6.07, 6.45) is 1.04. The molecule has 1 aliphatic heterocycles. The van der Waals surface area contributed by atoms with Gasteiger partial charge in [-0.05, 0) is 36.2 Å². The number of hydrogen-bond donors (Lipinski definition) is 0. The van der Waals surface area contributed by atoms with Crippen LogP contribution in [0.4, 0.5) is 0 Å². The Morgan fingerprint density at radius 3 is 2.65 bits per heavy atom. The normalized spacial score (nSPS) is 18.2. The van der Waals surface area contributed by atoms with Gasteiger partial charge in [0.1, 0.15) is 0 Å². The van der Waals surface area contributed by atoms with Crippen LogP contribution in [0.15, 0.2) is 59.1 Å². The number of halogens is 1. The van der Waals surface area contributed by atoms with Crippen LogP contribution in [0.3, 0.4) is 0 Å². The van der Waals surface area contributed by atoms with E-state index < -0.39 is 0 Å². The molecule has 1 amide bonds. The molecule has 3 rings (SSSR count). The maximum Gasteiger partial charge on any atom is 0.253 e. The van der Waals surface area contributed by atoms with Gasteiger partial charge < -0.3 is 4.90 Å². The zero-order valence-electron chi connectivity index (χ0n) is 11.1. The van der Waals surface area contributed by atoms with Crippen molar-refractivity contribution in [3.05, 3.63) is 70.2 Å². The van der Waals surface area contributed by atoms with Crippen LogP contribution < -0.4 is 0 Å². The van der Waals surface area contributed by atoms with Crippen LogP contribution in [0, 0.1) is 0 Å². The number of carbonyl (C=O) groups excluding carboxylic acids is 1. The molecule has 0 aromatic heterocycles. The first-order valence-electron chi connectivity index (χ1n) is 6.84. The lowest BCUT2D eigenvalue weighted by Crippen LogP contribution is -2.28. The summed E-state index contributed by atoms with van der Waals surface area (Å²) >= 11 is 3.51. The molecule has 0 saturated carbocycles. The first-order chi connectivity index (χ1) is 9.74. The van der Waals surface area contributed by atoms with E-state index in [0.29, 0.717) is 5.92 Å². The molecule has 1 saturated heterocycles. The van der Waals surface area contributed by atoms with E-state index in [4.69, 9.17) is 0 Å². The second kappa shape index (κ2) is 5.80. The summed E-state index contributed by atoms with van der Waals surface area (Å²) in [5.74, 6) is 0.586. The molecule has 0 N–H and O–H groups in total. The van der Waals surface area contributed by atoms with E-state index in [1.165, 1.54) is 5.56 Å². The van der Waals surface area contributed by atoms with Crippen molar-refractivity contribution in [2.45, 2.75) is 12.3 Å². The highest BCUT2D eigenvalue weighted by molar-refractivity contribution is 9.10. The number of nitrogens with zero attached hydrogens (tertiary/aromatic N) is 1. The molecule has 1 aliphatic rings. The summed E-state index contributed by atoms with van der Waals surface area (Å²) in [6.45, 7) is 1.65. The number of likely N-dealkylation sites (tertiary alicyclic amines) is 1. The second-order valence-corrected chi connectivity index (χ2v) is 6.07. The third kappa shape index (κ3) is 2.78. The second-order valence-electron chi connectivity index (χ2n) is 5.16. The minimum Gasteiger partial charge on any atom is -0.338 e. The Morgan fingerprint density at radius 2 is 1.90 bits per heavy atom. The highest BCUT2D eigenvalue weighted by Gasteiger charge is 2.27. The Bertz CT molecular complexity index is 611. The Morgan fingerprint density at radius 1 is 1.10 bits per heavy atom. The van der Waals surface area contributed by atoms with Gasteiger partial charge in [-0.15, -0.1) is 0 Å². The van der Waals surface area contributed by atoms with Crippen LogP contribution in [0.2, 0.25) is 0 Å². The van der Waals surface area contributed by atoms with E-state index >= 15 is 0 Å². The van der Waals surface area contributed by atoms with Gasteiger partial charge in [0.05, 0.1) is 0 Å². The first kappa shape index (κ1) is 13.4. The predicted molar refractivity (Wildman–Crippen MR) is 83.8 cm³/mol. The van der Waals surface area contributed by atoms with E-state index in [9.17, 15) is 4.79 Å². The summed E-state index contributed by atoms with van der Waals surface area (Å²) < 4.78 is 1.10. The molecule has 0 aliphatic carbocycles. The van der Waals surface area contributed by atoms with Crippen molar-refractivity contribution in [2.24, 2.45) is 0 Å². The molecule has 2 aromatic carbocycles. The highest BCUT2D eigenvalue weighted by Crippen LogP contribution is 2.29. The van der Waals surface area contributed by atoms with Gasteiger partial charge in [0.2, 0.25) is 0 Å². The van der Waals surface area contributed by atoms with Crippen molar-refractivity contribution < 1.29 is 4.79 Å². The summed E-state index contributed by atoms with van der Waals surface area (Å²) in [5, 5.41) is 0. The fourth-order valence-electron chi connectivity index (χ4n) is 2.74. The number of hydrogen-bond acceptors (Lipinski definition) is 1. The first-order valence-corrected chi connectivity index (χ1v) is 7.63. The van der Waals surface area contributed by atoms with Crippen molar-refractivity contribution >= 4 is 21.8 Å². The number of amides is 1. The zero-order chi connectivity index (χ0) is 13.9. The summed E-state index contributed by atoms with van der Waals surface area (Å²) in [6, 6.07) is 17.9. The van der Waals surface area contributed by atoms with Gasteiger partial charge in [0.15, 0.2) is 0 Å². The predicted octanol–water partition coefficient (Wildman–Crippen LogP) is 4.08. The van der Waals surface area contributed by atoms with Gasteiger partial charge in [-0.2, -0.15) is 0 Å². The molecule has 0 bridgehead atoms. The van der Waals surface area contributed by atoms with Gasteiger partial charge in [-0.1, -0.05) is 46.3 Å². The standard InChI is InChI=1S/C17H16BrNO/c18-16-8-4-7-14(11-16)15-9-10-19(12-15)17(20)13-5-2-1-3-6-13/h1-8,11,15H,9-10,12H2. The highest BCUT2D eigenvalue weighted by atomic mass is 79.9. The Labute approximate surface area is 127 Å². The molecular weight excluding hydrogens is 314 g/mol. The number of carbonyl (C=O) groups is 1. The molecule has 0 spiro atoms. The van der Waals surface area contributed by atoms with Gasteiger partial charge >= 0.3 is 0 Å². The quantitative estimate of drug-likeness (QED) is 0.812. The fraction of sp³-hybridized carbons (Fsp3) is 0.235. The number of benzene rings is 2. The van der Waals surface area contributed by atoms with Crippen molar-refractivity contribution in [1.82, 2.24) is 4.90 Å². The lowest BCUT2D eigenvalue weighted by molar-refractivity contribution is 0.0791.